The third kappa shape index (κ3) is 3.29. The zero-order valence-corrected chi connectivity index (χ0v) is 14.1. The minimum Gasteiger partial charge on any atom is -0.342 e. The predicted octanol–water partition coefficient (Wildman–Crippen LogP) is 1.61. The molecule has 0 radical (unpaired) electrons. The molecule has 0 unspecified atom stereocenters. The van der Waals surface area contributed by atoms with Gasteiger partial charge in [0.25, 0.3) is 0 Å². The number of rotatable bonds is 5. The fraction of sp³-hybridized carbons (Fsp3) is 0.882. The van der Waals surface area contributed by atoms with Crippen LogP contribution in [-0.4, -0.2) is 54.3 Å². The van der Waals surface area contributed by atoms with Crippen molar-refractivity contribution in [2.24, 2.45) is 17.1 Å². The first-order chi connectivity index (χ1) is 10.6. The molecule has 0 aromatic rings. The maximum absolute atomic E-state index is 12.8. The van der Waals surface area contributed by atoms with Crippen molar-refractivity contribution in [3.63, 3.8) is 0 Å². The van der Waals surface area contributed by atoms with Crippen molar-refractivity contribution < 1.29 is 9.59 Å². The molecule has 126 valence electrons. The first kappa shape index (κ1) is 17.3. The maximum Gasteiger partial charge on any atom is 0.230 e. The molecular formula is C17H31N3O2. The largest absolute Gasteiger partial charge is 0.342 e. The lowest BCUT2D eigenvalue weighted by Crippen LogP contribution is -2.51. The van der Waals surface area contributed by atoms with E-state index in [-0.39, 0.29) is 11.8 Å². The fourth-order valence-electron chi connectivity index (χ4n) is 3.79. The molecule has 2 aliphatic heterocycles. The number of hydrogen-bond donors (Lipinski definition) is 1. The molecule has 0 aromatic heterocycles. The molecule has 2 N–H and O–H groups in total. The number of hydrogen-bond acceptors (Lipinski definition) is 3. The van der Waals surface area contributed by atoms with E-state index in [0.29, 0.717) is 25.5 Å². The lowest BCUT2D eigenvalue weighted by atomic mass is 9.80. The van der Waals surface area contributed by atoms with Crippen molar-refractivity contribution in [2.45, 2.75) is 52.4 Å². The van der Waals surface area contributed by atoms with Crippen molar-refractivity contribution in [1.82, 2.24) is 9.80 Å². The van der Waals surface area contributed by atoms with E-state index in [0.717, 1.165) is 51.6 Å². The molecule has 0 atom stereocenters. The summed E-state index contributed by atoms with van der Waals surface area (Å²) >= 11 is 0. The molecule has 0 saturated carbocycles. The Morgan fingerprint density at radius 3 is 2.00 bits per heavy atom. The van der Waals surface area contributed by atoms with Gasteiger partial charge in [0.15, 0.2) is 0 Å². The second-order valence-corrected chi connectivity index (χ2v) is 6.79. The van der Waals surface area contributed by atoms with E-state index in [9.17, 15) is 9.59 Å². The summed E-state index contributed by atoms with van der Waals surface area (Å²) in [6.07, 6.45) is 5.44. The van der Waals surface area contributed by atoms with Crippen molar-refractivity contribution in [1.29, 1.82) is 0 Å². The molecule has 0 bridgehead atoms. The van der Waals surface area contributed by atoms with Gasteiger partial charge in [0, 0.05) is 38.6 Å². The molecule has 2 amide bonds. The average molecular weight is 309 g/mol. The molecule has 5 heteroatoms. The molecule has 5 nitrogen and oxygen atoms in total. The third-order valence-electron chi connectivity index (χ3n) is 5.75. The number of carbonyl (C=O) groups excluding carboxylic acids is 2. The summed E-state index contributed by atoms with van der Waals surface area (Å²) in [5.74, 6) is 0.602. The Labute approximate surface area is 134 Å². The summed E-state index contributed by atoms with van der Waals surface area (Å²) < 4.78 is 0. The molecule has 0 aliphatic carbocycles. The van der Waals surface area contributed by atoms with Gasteiger partial charge < -0.3 is 15.5 Å². The molecule has 2 saturated heterocycles. The van der Waals surface area contributed by atoms with Crippen LogP contribution >= 0.6 is 0 Å². The third-order valence-corrected chi connectivity index (χ3v) is 5.75. The quantitative estimate of drug-likeness (QED) is 0.839. The Kier molecular flexibility index (Phi) is 5.84. The Morgan fingerprint density at radius 2 is 1.55 bits per heavy atom. The Morgan fingerprint density at radius 1 is 1.00 bits per heavy atom. The highest BCUT2D eigenvalue weighted by Crippen LogP contribution is 2.30. The molecule has 2 aliphatic rings. The molecule has 2 heterocycles. The summed E-state index contributed by atoms with van der Waals surface area (Å²) in [6.45, 7) is 7.72. The van der Waals surface area contributed by atoms with Gasteiger partial charge in [-0.2, -0.15) is 0 Å². The van der Waals surface area contributed by atoms with Gasteiger partial charge in [-0.1, -0.05) is 13.8 Å². The molecule has 0 spiro atoms. The van der Waals surface area contributed by atoms with Crippen molar-refractivity contribution in [3.8, 4) is 0 Å². The average Bonchev–Trinajstić information content (AvgIpc) is 3.11. The van der Waals surface area contributed by atoms with Gasteiger partial charge in [-0.15, -0.1) is 0 Å². The van der Waals surface area contributed by atoms with E-state index in [1.165, 1.54) is 0 Å². The Balaban J connectivity index is 1.91. The lowest BCUT2D eigenvalue weighted by molar-refractivity contribution is -0.146. The fourth-order valence-corrected chi connectivity index (χ4v) is 3.79. The van der Waals surface area contributed by atoms with Crippen molar-refractivity contribution in [3.05, 3.63) is 0 Å². The highest BCUT2D eigenvalue weighted by Gasteiger charge is 2.39. The van der Waals surface area contributed by atoms with Gasteiger partial charge in [-0.05, 0) is 38.5 Å². The van der Waals surface area contributed by atoms with Crippen LogP contribution in [0.15, 0.2) is 0 Å². The highest BCUT2D eigenvalue weighted by atomic mass is 16.2. The number of nitrogens with zero attached hydrogens (tertiary/aromatic N) is 2. The SMILES string of the molecule is CCC(CC)(CN)C(=O)N1CCC(C(=O)N2CCCC2)CC1. The van der Waals surface area contributed by atoms with Gasteiger partial charge in [0.2, 0.25) is 11.8 Å². The monoisotopic (exact) mass is 309 g/mol. The van der Waals surface area contributed by atoms with Crippen LogP contribution in [0.3, 0.4) is 0 Å². The molecular weight excluding hydrogens is 278 g/mol. The van der Waals surface area contributed by atoms with E-state index in [2.05, 4.69) is 0 Å². The molecule has 2 fully saturated rings. The van der Waals surface area contributed by atoms with Crippen molar-refractivity contribution >= 4 is 11.8 Å². The molecule has 0 aromatic carbocycles. The second-order valence-electron chi connectivity index (χ2n) is 6.79. The van der Waals surface area contributed by atoms with E-state index >= 15 is 0 Å². The van der Waals surface area contributed by atoms with Crippen LogP contribution in [0.5, 0.6) is 0 Å². The van der Waals surface area contributed by atoms with E-state index in [1.54, 1.807) is 0 Å². The Hall–Kier alpha value is -1.10. The predicted molar refractivity (Wildman–Crippen MR) is 87.2 cm³/mol. The van der Waals surface area contributed by atoms with Crippen LogP contribution in [-0.2, 0) is 9.59 Å². The van der Waals surface area contributed by atoms with Crippen LogP contribution in [0.4, 0.5) is 0 Å². The van der Waals surface area contributed by atoms with Crippen LogP contribution in [0.2, 0.25) is 0 Å². The summed E-state index contributed by atoms with van der Waals surface area (Å²) in [6, 6.07) is 0. The normalized spacial score (nSPS) is 20.5. The van der Waals surface area contributed by atoms with E-state index in [1.807, 2.05) is 23.6 Å². The first-order valence-electron chi connectivity index (χ1n) is 8.86. The number of carbonyl (C=O) groups is 2. The highest BCUT2D eigenvalue weighted by molar-refractivity contribution is 5.84. The number of likely N-dealkylation sites (tertiary alicyclic amines) is 2. The molecule has 22 heavy (non-hydrogen) atoms. The zero-order chi connectivity index (χ0) is 16.2. The van der Waals surface area contributed by atoms with E-state index in [4.69, 9.17) is 5.73 Å². The van der Waals surface area contributed by atoms with Crippen LogP contribution in [0.25, 0.3) is 0 Å². The summed E-state index contributed by atoms with van der Waals surface area (Å²) in [5, 5.41) is 0. The summed E-state index contributed by atoms with van der Waals surface area (Å²) in [4.78, 5) is 29.2. The topological polar surface area (TPSA) is 66.6 Å². The first-order valence-corrected chi connectivity index (χ1v) is 8.86. The van der Waals surface area contributed by atoms with Crippen molar-refractivity contribution in [2.75, 3.05) is 32.7 Å². The maximum atomic E-state index is 12.8. The number of piperidine rings is 1. The second kappa shape index (κ2) is 7.44. The van der Waals surface area contributed by atoms with Gasteiger partial charge >= 0.3 is 0 Å². The number of nitrogens with two attached hydrogens (primary N) is 1. The van der Waals surface area contributed by atoms with Crippen LogP contribution in [0.1, 0.15) is 52.4 Å². The standard InChI is InChI=1S/C17H31N3O2/c1-3-17(4-2,13-18)16(22)20-11-7-14(8-12-20)15(21)19-9-5-6-10-19/h14H,3-13,18H2,1-2H3. The Bertz CT molecular complexity index is 384. The van der Waals surface area contributed by atoms with Gasteiger partial charge in [0.05, 0.1) is 5.41 Å². The zero-order valence-electron chi connectivity index (χ0n) is 14.1. The van der Waals surface area contributed by atoms with Gasteiger partial charge in [0.1, 0.15) is 0 Å². The van der Waals surface area contributed by atoms with Crippen LogP contribution in [0, 0.1) is 11.3 Å². The lowest BCUT2D eigenvalue weighted by Gasteiger charge is -2.39. The number of amides is 2. The van der Waals surface area contributed by atoms with Gasteiger partial charge in [-0.25, -0.2) is 0 Å². The smallest absolute Gasteiger partial charge is 0.230 e. The summed E-state index contributed by atoms with van der Waals surface area (Å²) in [7, 11) is 0. The minimum absolute atomic E-state index is 0.109. The molecule has 2 rings (SSSR count). The summed E-state index contributed by atoms with van der Waals surface area (Å²) in [5.41, 5.74) is 5.48. The minimum atomic E-state index is -0.411. The van der Waals surface area contributed by atoms with Crippen LogP contribution < -0.4 is 5.73 Å². The van der Waals surface area contributed by atoms with Gasteiger partial charge in [-0.3, -0.25) is 9.59 Å². The van der Waals surface area contributed by atoms with E-state index < -0.39 is 5.41 Å².